The zero-order valence-electron chi connectivity index (χ0n) is 20.8. The molecule has 0 aliphatic carbocycles. The van der Waals surface area contributed by atoms with Crippen LogP contribution in [0.3, 0.4) is 0 Å². The molecule has 3 amide bonds. The molecule has 2 N–H and O–H groups in total. The van der Waals surface area contributed by atoms with Crippen molar-refractivity contribution in [2.24, 2.45) is 5.92 Å². The zero-order valence-corrected chi connectivity index (χ0v) is 20.8. The number of methoxy groups -OCH3 is 2. The molecule has 1 fully saturated rings. The average molecular weight is 488 g/mol. The van der Waals surface area contributed by atoms with Gasteiger partial charge in [-0.25, -0.2) is 4.79 Å². The van der Waals surface area contributed by atoms with Crippen LogP contribution in [0.15, 0.2) is 78.9 Å². The molecule has 0 spiro atoms. The molecule has 7 nitrogen and oxygen atoms in total. The molecule has 1 unspecified atom stereocenters. The van der Waals surface area contributed by atoms with Crippen LogP contribution in [0.4, 0.5) is 10.5 Å². The number of hydrogen-bond acceptors (Lipinski definition) is 4. The number of para-hydroxylation sites is 1. The number of urea groups is 1. The Bertz CT molecular complexity index is 1130. The molecule has 1 atom stereocenters. The van der Waals surface area contributed by atoms with Crippen LogP contribution < -0.4 is 20.1 Å². The number of likely N-dealkylation sites (tertiary alicyclic amines) is 1. The van der Waals surface area contributed by atoms with Gasteiger partial charge in [-0.15, -0.1) is 0 Å². The van der Waals surface area contributed by atoms with Crippen molar-refractivity contribution in [3.8, 4) is 11.5 Å². The summed E-state index contributed by atoms with van der Waals surface area (Å²) >= 11 is 0. The maximum atomic E-state index is 13.3. The first kappa shape index (κ1) is 25.1. The Labute approximate surface area is 212 Å². The van der Waals surface area contributed by atoms with Crippen molar-refractivity contribution in [1.82, 2.24) is 10.2 Å². The first-order valence-electron chi connectivity index (χ1n) is 12.2. The number of hydrogen-bond donors (Lipinski definition) is 2. The highest BCUT2D eigenvalue weighted by atomic mass is 16.5. The second-order valence-corrected chi connectivity index (χ2v) is 8.94. The van der Waals surface area contributed by atoms with Crippen LogP contribution in [0.25, 0.3) is 0 Å². The van der Waals surface area contributed by atoms with Crippen LogP contribution in [-0.2, 0) is 11.2 Å². The van der Waals surface area contributed by atoms with E-state index < -0.39 is 0 Å². The molecule has 188 valence electrons. The molecule has 0 saturated carbocycles. The Kier molecular flexibility index (Phi) is 8.44. The number of amides is 3. The van der Waals surface area contributed by atoms with E-state index in [9.17, 15) is 9.59 Å². The van der Waals surface area contributed by atoms with E-state index in [-0.39, 0.29) is 23.9 Å². The monoisotopic (exact) mass is 487 g/mol. The fourth-order valence-electron chi connectivity index (χ4n) is 4.44. The molecule has 1 aliphatic heterocycles. The Morgan fingerprint density at radius 1 is 0.861 bits per heavy atom. The maximum Gasteiger partial charge on any atom is 0.321 e. The van der Waals surface area contributed by atoms with E-state index in [1.54, 1.807) is 19.1 Å². The highest BCUT2D eigenvalue weighted by Gasteiger charge is 2.29. The van der Waals surface area contributed by atoms with Gasteiger partial charge in [0.15, 0.2) is 0 Å². The molecule has 1 aliphatic rings. The summed E-state index contributed by atoms with van der Waals surface area (Å²) in [6.07, 6.45) is 1.91. The second-order valence-electron chi connectivity index (χ2n) is 8.94. The molecule has 3 aromatic carbocycles. The summed E-state index contributed by atoms with van der Waals surface area (Å²) in [6, 6.07) is 24.8. The SMILES string of the molecule is COc1ccc(CC(NC(=O)C2CCN(C(=O)Nc3ccccc3)CC2)c2ccc(OC)cc2)cc1. The summed E-state index contributed by atoms with van der Waals surface area (Å²) in [5.41, 5.74) is 2.88. The molecular formula is C29H33N3O4. The average Bonchev–Trinajstić information content (AvgIpc) is 2.93. The van der Waals surface area contributed by atoms with Crippen LogP contribution in [0.2, 0.25) is 0 Å². The number of nitrogens with one attached hydrogen (secondary N) is 2. The van der Waals surface area contributed by atoms with Crippen LogP contribution in [-0.4, -0.2) is 44.1 Å². The van der Waals surface area contributed by atoms with Gasteiger partial charge in [-0.05, 0) is 66.8 Å². The van der Waals surface area contributed by atoms with E-state index in [0.29, 0.717) is 32.4 Å². The minimum Gasteiger partial charge on any atom is -0.497 e. The Morgan fingerprint density at radius 3 is 2.03 bits per heavy atom. The van der Waals surface area contributed by atoms with Gasteiger partial charge in [0.1, 0.15) is 11.5 Å². The van der Waals surface area contributed by atoms with Crippen molar-refractivity contribution in [3.63, 3.8) is 0 Å². The minimum atomic E-state index is -0.184. The molecular weight excluding hydrogens is 454 g/mol. The van der Waals surface area contributed by atoms with E-state index in [0.717, 1.165) is 28.3 Å². The Hall–Kier alpha value is -4.00. The first-order chi connectivity index (χ1) is 17.6. The standard InChI is InChI=1S/C29H33N3O4/c1-35-25-12-8-21(9-13-25)20-27(22-10-14-26(36-2)15-11-22)31-28(33)23-16-18-32(19-17-23)29(34)30-24-6-4-3-5-7-24/h3-15,23,27H,16-20H2,1-2H3,(H,30,34)(H,31,33). The van der Waals surface area contributed by atoms with Gasteiger partial charge in [0.25, 0.3) is 0 Å². The van der Waals surface area contributed by atoms with Gasteiger partial charge < -0.3 is 25.0 Å². The summed E-state index contributed by atoms with van der Waals surface area (Å²) in [5.74, 6) is 1.45. The summed E-state index contributed by atoms with van der Waals surface area (Å²) < 4.78 is 10.6. The van der Waals surface area contributed by atoms with Gasteiger partial charge in [-0.1, -0.05) is 42.5 Å². The molecule has 1 saturated heterocycles. The van der Waals surface area contributed by atoms with E-state index in [1.807, 2.05) is 78.9 Å². The van der Waals surface area contributed by atoms with E-state index in [4.69, 9.17) is 9.47 Å². The van der Waals surface area contributed by atoms with Gasteiger partial charge in [-0.2, -0.15) is 0 Å². The lowest BCUT2D eigenvalue weighted by Crippen LogP contribution is -2.45. The third-order valence-corrected chi connectivity index (χ3v) is 6.61. The Balaban J connectivity index is 1.38. The lowest BCUT2D eigenvalue weighted by Gasteiger charge is -2.32. The van der Waals surface area contributed by atoms with Gasteiger partial charge in [0.05, 0.1) is 20.3 Å². The number of benzene rings is 3. The quantitative estimate of drug-likeness (QED) is 0.466. The lowest BCUT2D eigenvalue weighted by atomic mass is 9.93. The molecule has 0 bridgehead atoms. The maximum absolute atomic E-state index is 13.3. The normalized spacial score (nSPS) is 14.6. The van der Waals surface area contributed by atoms with Gasteiger partial charge in [0.2, 0.25) is 5.91 Å². The largest absolute Gasteiger partial charge is 0.497 e. The number of ether oxygens (including phenoxy) is 2. The number of carbonyl (C=O) groups is 2. The van der Waals surface area contributed by atoms with E-state index in [1.165, 1.54) is 0 Å². The molecule has 7 heteroatoms. The van der Waals surface area contributed by atoms with E-state index >= 15 is 0 Å². The molecule has 0 aromatic heterocycles. The topological polar surface area (TPSA) is 79.9 Å². The van der Waals surface area contributed by atoms with Gasteiger partial charge in [0, 0.05) is 24.7 Å². The summed E-state index contributed by atoms with van der Waals surface area (Å²) in [4.78, 5) is 27.7. The van der Waals surface area contributed by atoms with Crippen LogP contribution in [0.5, 0.6) is 11.5 Å². The predicted molar refractivity (Wildman–Crippen MR) is 140 cm³/mol. The number of piperidine rings is 1. The Morgan fingerprint density at radius 2 is 1.44 bits per heavy atom. The van der Waals surface area contributed by atoms with Gasteiger partial charge in [-0.3, -0.25) is 4.79 Å². The second kappa shape index (κ2) is 12.1. The number of nitrogens with zero attached hydrogens (tertiary/aromatic N) is 1. The van der Waals surface area contributed by atoms with Crippen LogP contribution >= 0.6 is 0 Å². The van der Waals surface area contributed by atoms with Crippen molar-refractivity contribution >= 4 is 17.6 Å². The summed E-state index contributed by atoms with van der Waals surface area (Å²) in [5, 5.41) is 6.19. The lowest BCUT2D eigenvalue weighted by molar-refractivity contribution is -0.127. The fourth-order valence-corrected chi connectivity index (χ4v) is 4.44. The summed E-state index contributed by atoms with van der Waals surface area (Å²) in [7, 11) is 3.28. The van der Waals surface area contributed by atoms with Crippen molar-refractivity contribution in [1.29, 1.82) is 0 Å². The van der Waals surface area contributed by atoms with Crippen LogP contribution in [0.1, 0.15) is 30.0 Å². The van der Waals surface area contributed by atoms with E-state index in [2.05, 4.69) is 10.6 Å². The third kappa shape index (κ3) is 6.56. The van der Waals surface area contributed by atoms with Gasteiger partial charge >= 0.3 is 6.03 Å². The fraction of sp³-hybridized carbons (Fsp3) is 0.310. The number of anilines is 1. The number of rotatable bonds is 8. The third-order valence-electron chi connectivity index (χ3n) is 6.61. The smallest absolute Gasteiger partial charge is 0.321 e. The summed E-state index contributed by atoms with van der Waals surface area (Å²) in [6.45, 7) is 1.09. The molecule has 1 heterocycles. The first-order valence-corrected chi connectivity index (χ1v) is 12.2. The van der Waals surface area contributed by atoms with Crippen LogP contribution in [0, 0.1) is 5.92 Å². The predicted octanol–water partition coefficient (Wildman–Crippen LogP) is 5.05. The van der Waals surface area contributed by atoms with Crippen molar-refractivity contribution in [3.05, 3.63) is 90.0 Å². The van der Waals surface area contributed by atoms with Crippen molar-refractivity contribution in [2.75, 3.05) is 32.6 Å². The zero-order chi connectivity index (χ0) is 25.3. The molecule has 0 radical (unpaired) electrons. The van der Waals surface area contributed by atoms with Crippen molar-refractivity contribution in [2.45, 2.75) is 25.3 Å². The number of carbonyl (C=O) groups excluding carboxylic acids is 2. The minimum absolute atomic E-state index is 0.0208. The highest BCUT2D eigenvalue weighted by molar-refractivity contribution is 5.89. The van der Waals surface area contributed by atoms with Crippen molar-refractivity contribution < 1.29 is 19.1 Å². The molecule has 36 heavy (non-hydrogen) atoms. The molecule has 4 rings (SSSR count). The highest BCUT2D eigenvalue weighted by Crippen LogP contribution is 2.25. The molecule has 3 aromatic rings.